The number of hydrogen-bond acceptors (Lipinski definition) is 5. The van der Waals surface area contributed by atoms with E-state index in [-0.39, 0.29) is 0 Å². The van der Waals surface area contributed by atoms with Gasteiger partial charge in [0, 0.05) is 19.0 Å². The third kappa shape index (κ3) is 2.00. The molecule has 0 amide bonds. The molecule has 0 spiro atoms. The predicted molar refractivity (Wildman–Crippen MR) is 49.8 cm³/mol. The van der Waals surface area contributed by atoms with Crippen molar-refractivity contribution in [1.82, 2.24) is 5.06 Å². The van der Waals surface area contributed by atoms with Gasteiger partial charge in [-0.1, -0.05) is 0 Å². The highest BCUT2D eigenvalue weighted by molar-refractivity contribution is 5.36. The number of carbonyl (C=O) groups excluding carboxylic acids is 1. The largest absolute Gasteiger partial charge is 0.373 e. The molecule has 0 aromatic rings. The summed E-state index contributed by atoms with van der Waals surface area (Å²) in [7, 11) is 0. The van der Waals surface area contributed by atoms with Crippen molar-refractivity contribution >= 4 is 6.47 Å². The van der Waals surface area contributed by atoms with Gasteiger partial charge in [-0.05, 0) is 12.3 Å². The van der Waals surface area contributed by atoms with Gasteiger partial charge in [0.15, 0.2) is 0 Å². The maximum atomic E-state index is 10.3. The number of nitrogens with zero attached hydrogens (tertiary/aromatic N) is 1. The summed E-state index contributed by atoms with van der Waals surface area (Å²) in [6.07, 6.45) is 1.82. The normalized spacial score (nSPS) is 44.8. The molecule has 3 aliphatic heterocycles. The smallest absolute Gasteiger partial charge is 0.312 e. The Morgan fingerprint density at radius 1 is 1.20 bits per heavy atom. The second-order valence-electron chi connectivity index (χ2n) is 4.45. The van der Waals surface area contributed by atoms with Crippen molar-refractivity contribution in [2.45, 2.75) is 18.6 Å². The Morgan fingerprint density at radius 2 is 1.87 bits per heavy atom. The lowest BCUT2D eigenvalue weighted by Crippen LogP contribution is -2.44. The molecule has 0 saturated carbocycles. The first-order chi connectivity index (χ1) is 7.38. The molecule has 5 heteroatoms. The standard InChI is InChI=1S/C10H15NO4/c12-6-15-11-2-1-7(9-4-13-9)8(3-11)10-5-14-10/h6-10H,1-5H2. The highest BCUT2D eigenvalue weighted by Gasteiger charge is 2.48. The van der Waals surface area contributed by atoms with Crippen LogP contribution in [-0.2, 0) is 19.1 Å². The van der Waals surface area contributed by atoms with E-state index in [1.54, 1.807) is 5.06 Å². The van der Waals surface area contributed by atoms with Crippen LogP contribution in [0.15, 0.2) is 0 Å². The van der Waals surface area contributed by atoms with E-state index >= 15 is 0 Å². The Kier molecular flexibility index (Phi) is 2.38. The molecule has 3 saturated heterocycles. The fourth-order valence-corrected chi connectivity index (χ4v) is 2.59. The number of rotatable bonds is 4. The number of piperidine rings is 1. The average molecular weight is 213 g/mol. The quantitative estimate of drug-likeness (QED) is 0.478. The molecule has 0 radical (unpaired) electrons. The number of carbonyl (C=O) groups is 1. The van der Waals surface area contributed by atoms with E-state index in [2.05, 4.69) is 0 Å². The van der Waals surface area contributed by atoms with Gasteiger partial charge in [0.25, 0.3) is 0 Å². The molecule has 5 nitrogen and oxygen atoms in total. The van der Waals surface area contributed by atoms with Gasteiger partial charge in [-0.3, -0.25) is 4.79 Å². The Hall–Kier alpha value is -0.650. The molecule has 3 fully saturated rings. The zero-order valence-corrected chi connectivity index (χ0v) is 8.50. The van der Waals surface area contributed by atoms with E-state index in [1.807, 2.05) is 0 Å². The molecule has 3 aliphatic rings. The van der Waals surface area contributed by atoms with E-state index < -0.39 is 0 Å². The van der Waals surface area contributed by atoms with Crippen LogP contribution in [0.4, 0.5) is 0 Å². The van der Waals surface area contributed by atoms with Crippen molar-refractivity contribution in [2.75, 3.05) is 26.3 Å². The van der Waals surface area contributed by atoms with Crippen LogP contribution in [0.2, 0.25) is 0 Å². The number of epoxide rings is 2. The monoisotopic (exact) mass is 213 g/mol. The zero-order chi connectivity index (χ0) is 10.3. The Morgan fingerprint density at radius 3 is 2.47 bits per heavy atom. The number of hydroxylamine groups is 2. The van der Waals surface area contributed by atoms with Crippen LogP contribution < -0.4 is 0 Å². The number of ether oxygens (including phenoxy) is 2. The summed E-state index contributed by atoms with van der Waals surface area (Å²) in [4.78, 5) is 15.2. The highest BCUT2D eigenvalue weighted by Crippen LogP contribution is 2.39. The van der Waals surface area contributed by atoms with Crippen LogP contribution >= 0.6 is 0 Å². The molecule has 15 heavy (non-hydrogen) atoms. The van der Waals surface area contributed by atoms with Gasteiger partial charge < -0.3 is 14.3 Å². The molecule has 4 atom stereocenters. The van der Waals surface area contributed by atoms with Gasteiger partial charge in [0.05, 0.1) is 25.4 Å². The molecule has 84 valence electrons. The zero-order valence-electron chi connectivity index (χ0n) is 8.50. The van der Waals surface area contributed by atoms with Gasteiger partial charge >= 0.3 is 6.47 Å². The third-order valence-electron chi connectivity index (χ3n) is 3.54. The third-order valence-corrected chi connectivity index (χ3v) is 3.54. The van der Waals surface area contributed by atoms with Crippen molar-refractivity contribution in [1.29, 1.82) is 0 Å². The average Bonchev–Trinajstić information content (AvgIpc) is 3.11. The summed E-state index contributed by atoms with van der Waals surface area (Å²) in [5.41, 5.74) is 0. The van der Waals surface area contributed by atoms with E-state index in [9.17, 15) is 4.79 Å². The summed E-state index contributed by atoms with van der Waals surface area (Å²) >= 11 is 0. The van der Waals surface area contributed by atoms with Crippen molar-refractivity contribution < 1.29 is 19.1 Å². The van der Waals surface area contributed by atoms with Gasteiger partial charge in [-0.15, -0.1) is 5.06 Å². The minimum absolute atomic E-state index is 0.359. The SMILES string of the molecule is O=CON1CCC(C2CO2)C(C2CO2)C1. The summed E-state index contributed by atoms with van der Waals surface area (Å²) in [6, 6.07) is 0. The van der Waals surface area contributed by atoms with Crippen molar-refractivity contribution in [3.05, 3.63) is 0 Å². The first kappa shape index (κ1) is 9.57. The summed E-state index contributed by atoms with van der Waals surface area (Å²) in [5.74, 6) is 1.05. The fourth-order valence-electron chi connectivity index (χ4n) is 2.59. The Balaban J connectivity index is 1.63. The predicted octanol–water partition coefficient (Wildman–Crippen LogP) is -0.190. The molecule has 4 unspecified atom stereocenters. The molecular weight excluding hydrogens is 198 g/mol. The lowest BCUT2D eigenvalue weighted by Gasteiger charge is -2.35. The van der Waals surface area contributed by atoms with E-state index in [0.29, 0.717) is 30.5 Å². The van der Waals surface area contributed by atoms with Crippen molar-refractivity contribution in [3.8, 4) is 0 Å². The molecule has 0 N–H and O–H groups in total. The van der Waals surface area contributed by atoms with Crippen LogP contribution in [0.1, 0.15) is 6.42 Å². The summed E-state index contributed by atoms with van der Waals surface area (Å²) < 4.78 is 10.7. The molecule has 0 aromatic heterocycles. The molecule has 3 heterocycles. The van der Waals surface area contributed by atoms with Crippen molar-refractivity contribution in [3.63, 3.8) is 0 Å². The maximum Gasteiger partial charge on any atom is 0.312 e. The van der Waals surface area contributed by atoms with Crippen LogP contribution in [0.25, 0.3) is 0 Å². The molecule has 0 aromatic carbocycles. The minimum Gasteiger partial charge on any atom is -0.373 e. The molecule has 0 aliphatic carbocycles. The number of hydrogen-bond donors (Lipinski definition) is 0. The first-order valence-electron chi connectivity index (χ1n) is 5.47. The van der Waals surface area contributed by atoms with E-state index in [0.717, 1.165) is 32.7 Å². The lowest BCUT2D eigenvalue weighted by atomic mass is 9.82. The molecular formula is C10H15NO4. The summed E-state index contributed by atoms with van der Waals surface area (Å²) in [5, 5.41) is 1.73. The van der Waals surface area contributed by atoms with Crippen LogP contribution in [0.3, 0.4) is 0 Å². The minimum atomic E-state index is 0.359. The van der Waals surface area contributed by atoms with Gasteiger partial charge in [-0.2, -0.15) is 0 Å². The first-order valence-corrected chi connectivity index (χ1v) is 5.47. The lowest BCUT2D eigenvalue weighted by molar-refractivity contribution is -0.187. The second-order valence-corrected chi connectivity index (χ2v) is 4.45. The van der Waals surface area contributed by atoms with Crippen LogP contribution in [0.5, 0.6) is 0 Å². The molecule has 3 rings (SSSR count). The second kappa shape index (κ2) is 3.73. The van der Waals surface area contributed by atoms with Gasteiger partial charge in [0.2, 0.25) is 0 Å². The van der Waals surface area contributed by atoms with E-state index in [1.165, 1.54) is 0 Å². The van der Waals surface area contributed by atoms with Gasteiger partial charge in [0.1, 0.15) is 0 Å². The molecule has 0 bridgehead atoms. The fraction of sp³-hybridized carbons (Fsp3) is 0.900. The van der Waals surface area contributed by atoms with Crippen molar-refractivity contribution in [2.24, 2.45) is 11.8 Å². The highest BCUT2D eigenvalue weighted by atomic mass is 16.7. The van der Waals surface area contributed by atoms with Crippen LogP contribution in [-0.4, -0.2) is 50.0 Å². The van der Waals surface area contributed by atoms with E-state index in [4.69, 9.17) is 14.3 Å². The topological polar surface area (TPSA) is 54.6 Å². The summed E-state index contributed by atoms with van der Waals surface area (Å²) in [6.45, 7) is 3.84. The Bertz CT molecular complexity index is 252. The Labute approximate surface area is 88.2 Å². The maximum absolute atomic E-state index is 10.3. The van der Waals surface area contributed by atoms with Crippen LogP contribution in [0, 0.1) is 11.8 Å². The van der Waals surface area contributed by atoms with Gasteiger partial charge in [-0.25, -0.2) is 0 Å².